The molecular weight excluding hydrogens is 242 g/mol. The predicted molar refractivity (Wildman–Crippen MR) is 75.7 cm³/mol. The third-order valence-electron chi connectivity index (χ3n) is 3.57. The van der Waals surface area contributed by atoms with Crippen LogP contribution in [0, 0.1) is 5.92 Å². The molecule has 1 aliphatic rings. The van der Waals surface area contributed by atoms with Crippen molar-refractivity contribution in [1.29, 1.82) is 0 Å². The topological polar surface area (TPSA) is 78.6 Å². The van der Waals surface area contributed by atoms with E-state index >= 15 is 0 Å². The molecule has 0 radical (unpaired) electrons. The number of likely N-dealkylation sites (tertiary alicyclic amines) is 1. The number of amides is 1. The molecule has 5 nitrogen and oxygen atoms in total. The average molecular weight is 263 g/mol. The van der Waals surface area contributed by atoms with Gasteiger partial charge in [-0.25, -0.2) is 0 Å². The Bertz CT molecular complexity index is 428. The minimum absolute atomic E-state index is 0.0413. The number of carbonyl (C=O) groups is 1. The molecule has 1 fully saturated rings. The molecule has 1 heterocycles. The monoisotopic (exact) mass is 263 g/mol. The molecule has 1 aliphatic heterocycles. The minimum atomic E-state index is -0.0413. The zero-order valence-electron chi connectivity index (χ0n) is 11.0. The van der Waals surface area contributed by atoms with Crippen molar-refractivity contribution in [2.24, 2.45) is 5.92 Å². The number of aliphatic hydroxyl groups excluding tert-OH is 1. The van der Waals surface area contributed by atoms with E-state index in [2.05, 4.69) is 10.2 Å². The SMILES string of the molecule is Nc1ccccc1NC(=O)CN1CCC(CO)CC1. The smallest absolute Gasteiger partial charge is 0.238 e. The Hall–Kier alpha value is -1.59. The Morgan fingerprint density at radius 3 is 2.68 bits per heavy atom. The number of hydrogen-bond donors (Lipinski definition) is 3. The van der Waals surface area contributed by atoms with Gasteiger partial charge in [0.2, 0.25) is 5.91 Å². The molecule has 0 aromatic heterocycles. The number of carbonyl (C=O) groups excluding carboxylic acids is 1. The third-order valence-corrected chi connectivity index (χ3v) is 3.57. The predicted octanol–water partition coefficient (Wildman–Crippen LogP) is 0.912. The highest BCUT2D eigenvalue weighted by molar-refractivity contribution is 5.95. The van der Waals surface area contributed by atoms with Crippen LogP contribution in [0.3, 0.4) is 0 Å². The molecule has 0 saturated carbocycles. The molecule has 5 heteroatoms. The van der Waals surface area contributed by atoms with E-state index in [1.54, 1.807) is 12.1 Å². The van der Waals surface area contributed by atoms with Gasteiger partial charge in [0.15, 0.2) is 0 Å². The van der Waals surface area contributed by atoms with Crippen molar-refractivity contribution in [2.45, 2.75) is 12.8 Å². The number of piperidine rings is 1. The molecule has 4 N–H and O–H groups in total. The fourth-order valence-corrected chi connectivity index (χ4v) is 2.33. The number of hydrogen-bond acceptors (Lipinski definition) is 4. The molecule has 1 saturated heterocycles. The number of aliphatic hydroxyl groups is 1. The number of benzene rings is 1. The number of para-hydroxylation sites is 2. The molecule has 104 valence electrons. The quantitative estimate of drug-likeness (QED) is 0.706. The fraction of sp³-hybridized carbons (Fsp3) is 0.500. The maximum absolute atomic E-state index is 11.9. The highest BCUT2D eigenvalue weighted by Crippen LogP contribution is 2.18. The van der Waals surface area contributed by atoms with Crippen LogP contribution in [0.25, 0.3) is 0 Å². The second kappa shape index (κ2) is 6.54. The van der Waals surface area contributed by atoms with E-state index in [4.69, 9.17) is 10.8 Å². The summed E-state index contributed by atoms with van der Waals surface area (Å²) in [5.74, 6) is 0.351. The number of nitrogens with zero attached hydrogens (tertiary/aromatic N) is 1. The highest BCUT2D eigenvalue weighted by atomic mass is 16.3. The summed E-state index contributed by atoms with van der Waals surface area (Å²) in [6.07, 6.45) is 1.91. The Morgan fingerprint density at radius 2 is 2.05 bits per heavy atom. The van der Waals surface area contributed by atoms with Crippen LogP contribution in [-0.4, -0.2) is 42.2 Å². The van der Waals surface area contributed by atoms with E-state index in [-0.39, 0.29) is 12.5 Å². The molecule has 0 spiro atoms. The Morgan fingerprint density at radius 1 is 1.37 bits per heavy atom. The maximum Gasteiger partial charge on any atom is 0.238 e. The lowest BCUT2D eigenvalue weighted by molar-refractivity contribution is -0.117. The Labute approximate surface area is 113 Å². The minimum Gasteiger partial charge on any atom is -0.397 e. The van der Waals surface area contributed by atoms with Gasteiger partial charge in [0.1, 0.15) is 0 Å². The molecule has 0 atom stereocenters. The van der Waals surface area contributed by atoms with Crippen molar-refractivity contribution >= 4 is 17.3 Å². The first-order valence-electron chi connectivity index (χ1n) is 6.66. The lowest BCUT2D eigenvalue weighted by Gasteiger charge is -2.30. The lowest BCUT2D eigenvalue weighted by atomic mass is 9.98. The zero-order valence-corrected chi connectivity index (χ0v) is 11.0. The second-order valence-corrected chi connectivity index (χ2v) is 5.04. The number of nitrogens with two attached hydrogens (primary N) is 1. The zero-order chi connectivity index (χ0) is 13.7. The molecule has 2 rings (SSSR count). The molecule has 1 aromatic rings. The van der Waals surface area contributed by atoms with E-state index < -0.39 is 0 Å². The first-order chi connectivity index (χ1) is 9.19. The Balaban J connectivity index is 1.81. The van der Waals surface area contributed by atoms with Crippen molar-refractivity contribution < 1.29 is 9.90 Å². The van der Waals surface area contributed by atoms with Gasteiger partial charge in [-0.2, -0.15) is 0 Å². The summed E-state index contributed by atoms with van der Waals surface area (Å²) in [7, 11) is 0. The van der Waals surface area contributed by atoms with Gasteiger partial charge in [-0.1, -0.05) is 12.1 Å². The van der Waals surface area contributed by atoms with Gasteiger partial charge in [-0.05, 0) is 44.0 Å². The number of rotatable bonds is 4. The van der Waals surface area contributed by atoms with Crippen LogP contribution in [-0.2, 0) is 4.79 Å². The molecule has 0 bridgehead atoms. The summed E-state index contributed by atoms with van der Waals surface area (Å²) >= 11 is 0. The number of anilines is 2. The van der Waals surface area contributed by atoms with Crippen molar-refractivity contribution in [1.82, 2.24) is 4.90 Å². The van der Waals surface area contributed by atoms with Gasteiger partial charge in [0, 0.05) is 6.61 Å². The third kappa shape index (κ3) is 3.94. The highest BCUT2D eigenvalue weighted by Gasteiger charge is 2.20. The first kappa shape index (κ1) is 13.8. The van der Waals surface area contributed by atoms with E-state index in [0.717, 1.165) is 25.9 Å². The normalized spacial score (nSPS) is 17.3. The summed E-state index contributed by atoms with van der Waals surface area (Å²) in [5.41, 5.74) is 7.03. The summed E-state index contributed by atoms with van der Waals surface area (Å²) in [6.45, 7) is 2.36. The summed E-state index contributed by atoms with van der Waals surface area (Å²) in [5, 5.41) is 11.9. The molecule has 19 heavy (non-hydrogen) atoms. The van der Waals surface area contributed by atoms with Crippen LogP contribution in [0.4, 0.5) is 11.4 Å². The lowest BCUT2D eigenvalue weighted by Crippen LogP contribution is -2.39. The second-order valence-electron chi connectivity index (χ2n) is 5.04. The van der Waals surface area contributed by atoms with Crippen molar-refractivity contribution in [3.63, 3.8) is 0 Å². The van der Waals surface area contributed by atoms with Crippen LogP contribution in [0.2, 0.25) is 0 Å². The molecular formula is C14H21N3O2. The van der Waals surface area contributed by atoms with Crippen molar-refractivity contribution in [2.75, 3.05) is 37.3 Å². The summed E-state index contributed by atoms with van der Waals surface area (Å²) in [6, 6.07) is 7.25. The van der Waals surface area contributed by atoms with Crippen molar-refractivity contribution in [3.05, 3.63) is 24.3 Å². The van der Waals surface area contributed by atoms with Gasteiger partial charge < -0.3 is 16.2 Å². The van der Waals surface area contributed by atoms with E-state index in [9.17, 15) is 4.79 Å². The van der Waals surface area contributed by atoms with E-state index in [0.29, 0.717) is 23.8 Å². The Kier molecular flexibility index (Phi) is 4.76. The van der Waals surface area contributed by atoms with Gasteiger partial charge in [0.05, 0.1) is 17.9 Å². The molecule has 0 aliphatic carbocycles. The van der Waals surface area contributed by atoms with Crippen LogP contribution in [0.5, 0.6) is 0 Å². The number of nitrogen functional groups attached to an aromatic ring is 1. The first-order valence-corrected chi connectivity index (χ1v) is 6.66. The molecule has 1 aromatic carbocycles. The van der Waals surface area contributed by atoms with Crippen molar-refractivity contribution in [3.8, 4) is 0 Å². The summed E-state index contributed by atoms with van der Waals surface area (Å²) in [4.78, 5) is 14.0. The average Bonchev–Trinajstić information content (AvgIpc) is 2.42. The molecule has 1 amide bonds. The van der Waals surface area contributed by atoms with Gasteiger partial charge in [-0.3, -0.25) is 9.69 Å². The maximum atomic E-state index is 11.9. The standard InChI is InChI=1S/C14H21N3O2/c15-12-3-1-2-4-13(12)16-14(19)9-17-7-5-11(10-18)6-8-17/h1-4,11,18H,5-10,15H2,(H,16,19). The van der Waals surface area contributed by atoms with Gasteiger partial charge in [-0.15, -0.1) is 0 Å². The summed E-state index contributed by atoms with van der Waals surface area (Å²) < 4.78 is 0. The van der Waals surface area contributed by atoms with Crippen LogP contribution < -0.4 is 11.1 Å². The van der Waals surface area contributed by atoms with Crippen LogP contribution in [0.1, 0.15) is 12.8 Å². The largest absolute Gasteiger partial charge is 0.397 e. The van der Waals surface area contributed by atoms with Gasteiger partial charge >= 0.3 is 0 Å². The van der Waals surface area contributed by atoms with E-state index in [1.165, 1.54) is 0 Å². The van der Waals surface area contributed by atoms with Crippen LogP contribution >= 0.6 is 0 Å². The number of nitrogens with one attached hydrogen (secondary N) is 1. The van der Waals surface area contributed by atoms with Crippen LogP contribution in [0.15, 0.2) is 24.3 Å². The van der Waals surface area contributed by atoms with E-state index in [1.807, 2.05) is 12.1 Å². The fourth-order valence-electron chi connectivity index (χ4n) is 2.33. The molecule has 0 unspecified atom stereocenters. The van der Waals surface area contributed by atoms with Gasteiger partial charge in [0.25, 0.3) is 0 Å².